The van der Waals surface area contributed by atoms with Gasteiger partial charge in [0.25, 0.3) is 0 Å². The molecule has 4 heteroatoms. The summed E-state index contributed by atoms with van der Waals surface area (Å²) in [5.74, 6) is 0. The zero-order valence-electron chi connectivity index (χ0n) is 10.7. The van der Waals surface area contributed by atoms with Crippen molar-refractivity contribution >= 4 is 23.4 Å². The molecule has 2 rings (SSSR count). The van der Waals surface area contributed by atoms with Gasteiger partial charge in [-0.05, 0) is 37.1 Å². The molecular formula is C14H20ClNOS. The molecule has 0 atom stereocenters. The van der Waals surface area contributed by atoms with E-state index in [2.05, 4.69) is 18.3 Å². The lowest BCUT2D eigenvalue weighted by Gasteiger charge is -2.23. The summed E-state index contributed by atoms with van der Waals surface area (Å²) >= 11 is 8.26. The van der Waals surface area contributed by atoms with Crippen molar-refractivity contribution in [1.82, 2.24) is 5.32 Å². The van der Waals surface area contributed by atoms with Gasteiger partial charge in [-0.1, -0.05) is 24.6 Å². The molecule has 0 aliphatic carbocycles. The van der Waals surface area contributed by atoms with Gasteiger partial charge in [-0.3, -0.25) is 0 Å². The predicted octanol–water partition coefficient (Wildman–Crippen LogP) is 3.72. The SMILES string of the molecule is CCNCc1c(Cl)cccc1SC1CCOCC1. The summed E-state index contributed by atoms with van der Waals surface area (Å²) in [7, 11) is 0. The zero-order chi connectivity index (χ0) is 12.8. The number of hydrogen-bond donors (Lipinski definition) is 1. The standard InChI is InChI=1S/C14H20ClNOS/c1-2-16-10-12-13(15)4-3-5-14(12)18-11-6-8-17-9-7-11/h3-5,11,16H,2,6-10H2,1H3. The lowest BCUT2D eigenvalue weighted by molar-refractivity contribution is 0.1000. The van der Waals surface area contributed by atoms with Gasteiger partial charge in [-0.25, -0.2) is 0 Å². The molecule has 1 fully saturated rings. The van der Waals surface area contributed by atoms with Crippen LogP contribution < -0.4 is 5.32 Å². The zero-order valence-corrected chi connectivity index (χ0v) is 12.3. The molecule has 0 amide bonds. The molecule has 1 aliphatic rings. The molecule has 1 saturated heterocycles. The first-order valence-corrected chi connectivity index (χ1v) is 7.79. The minimum Gasteiger partial charge on any atom is -0.381 e. The van der Waals surface area contributed by atoms with Gasteiger partial charge in [0, 0.05) is 34.9 Å². The van der Waals surface area contributed by atoms with Gasteiger partial charge in [0.1, 0.15) is 0 Å². The molecule has 0 spiro atoms. The summed E-state index contributed by atoms with van der Waals surface area (Å²) in [6.07, 6.45) is 2.27. The van der Waals surface area contributed by atoms with Crippen LogP contribution in [0.25, 0.3) is 0 Å². The topological polar surface area (TPSA) is 21.3 Å². The maximum Gasteiger partial charge on any atom is 0.0476 e. The summed E-state index contributed by atoms with van der Waals surface area (Å²) in [6.45, 7) is 5.71. The number of nitrogens with one attached hydrogen (secondary N) is 1. The van der Waals surface area contributed by atoms with Gasteiger partial charge < -0.3 is 10.1 Å². The Kier molecular flexibility index (Phi) is 5.83. The minimum absolute atomic E-state index is 0.664. The fraction of sp³-hybridized carbons (Fsp3) is 0.571. The molecule has 1 N–H and O–H groups in total. The Morgan fingerprint density at radius 1 is 1.39 bits per heavy atom. The average molecular weight is 286 g/mol. The van der Waals surface area contributed by atoms with Crippen LogP contribution >= 0.6 is 23.4 Å². The van der Waals surface area contributed by atoms with E-state index in [1.54, 1.807) is 0 Å². The Hall–Kier alpha value is -0.220. The van der Waals surface area contributed by atoms with Crippen LogP contribution in [-0.2, 0) is 11.3 Å². The molecule has 100 valence electrons. The Balaban J connectivity index is 2.07. The van der Waals surface area contributed by atoms with Crippen LogP contribution in [-0.4, -0.2) is 25.0 Å². The first kappa shape index (κ1) is 14.2. The molecule has 0 unspecified atom stereocenters. The van der Waals surface area contributed by atoms with Gasteiger partial charge in [0.15, 0.2) is 0 Å². The van der Waals surface area contributed by atoms with E-state index in [1.165, 1.54) is 10.5 Å². The maximum absolute atomic E-state index is 6.30. The lowest BCUT2D eigenvalue weighted by Crippen LogP contribution is -2.18. The smallest absolute Gasteiger partial charge is 0.0476 e. The highest BCUT2D eigenvalue weighted by atomic mass is 35.5. The van der Waals surface area contributed by atoms with E-state index in [4.69, 9.17) is 16.3 Å². The van der Waals surface area contributed by atoms with Crippen molar-refractivity contribution in [1.29, 1.82) is 0 Å². The summed E-state index contributed by atoms with van der Waals surface area (Å²) in [6, 6.07) is 6.19. The van der Waals surface area contributed by atoms with Crippen molar-refractivity contribution < 1.29 is 4.74 Å². The van der Waals surface area contributed by atoms with E-state index in [1.807, 2.05) is 23.9 Å². The number of benzene rings is 1. The Labute approximate surface area is 118 Å². The minimum atomic E-state index is 0.664. The highest BCUT2D eigenvalue weighted by Gasteiger charge is 2.17. The first-order valence-electron chi connectivity index (χ1n) is 6.53. The van der Waals surface area contributed by atoms with Crippen molar-refractivity contribution in [3.8, 4) is 0 Å². The van der Waals surface area contributed by atoms with Crippen LogP contribution in [0.3, 0.4) is 0 Å². The van der Waals surface area contributed by atoms with Crippen LogP contribution in [0.1, 0.15) is 25.3 Å². The Morgan fingerprint density at radius 2 is 2.17 bits per heavy atom. The average Bonchev–Trinajstić information content (AvgIpc) is 2.39. The van der Waals surface area contributed by atoms with Crippen molar-refractivity contribution in [2.45, 2.75) is 36.5 Å². The maximum atomic E-state index is 6.30. The van der Waals surface area contributed by atoms with Gasteiger partial charge in [0.2, 0.25) is 0 Å². The van der Waals surface area contributed by atoms with Crippen LogP contribution in [0.2, 0.25) is 5.02 Å². The van der Waals surface area contributed by atoms with E-state index >= 15 is 0 Å². The largest absolute Gasteiger partial charge is 0.381 e. The third-order valence-corrected chi connectivity index (χ3v) is 4.88. The van der Waals surface area contributed by atoms with E-state index in [9.17, 15) is 0 Å². The van der Waals surface area contributed by atoms with Crippen molar-refractivity contribution in [3.05, 3.63) is 28.8 Å². The van der Waals surface area contributed by atoms with E-state index in [-0.39, 0.29) is 0 Å². The van der Waals surface area contributed by atoms with Gasteiger partial charge in [-0.2, -0.15) is 0 Å². The number of hydrogen-bond acceptors (Lipinski definition) is 3. The molecule has 0 aromatic heterocycles. The predicted molar refractivity (Wildman–Crippen MR) is 78.5 cm³/mol. The number of halogens is 1. The Bertz CT molecular complexity index is 380. The molecule has 2 nitrogen and oxygen atoms in total. The monoisotopic (exact) mass is 285 g/mol. The second kappa shape index (κ2) is 7.39. The van der Waals surface area contributed by atoms with E-state index in [0.717, 1.165) is 44.2 Å². The lowest BCUT2D eigenvalue weighted by atomic mass is 10.2. The first-order chi connectivity index (χ1) is 8.81. The summed E-state index contributed by atoms with van der Waals surface area (Å²) in [5.41, 5.74) is 1.23. The summed E-state index contributed by atoms with van der Waals surface area (Å²) in [5, 5.41) is 4.89. The highest BCUT2D eigenvalue weighted by molar-refractivity contribution is 8.00. The molecule has 1 aromatic carbocycles. The van der Waals surface area contributed by atoms with Crippen LogP contribution in [0.5, 0.6) is 0 Å². The van der Waals surface area contributed by atoms with Gasteiger partial charge >= 0.3 is 0 Å². The van der Waals surface area contributed by atoms with E-state index < -0.39 is 0 Å². The number of ether oxygens (including phenoxy) is 1. The molecule has 1 aliphatic heterocycles. The quantitative estimate of drug-likeness (QED) is 0.891. The molecule has 18 heavy (non-hydrogen) atoms. The second-order valence-corrected chi connectivity index (χ2v) is 6.18. The highest BCUT2D eigenvalue weighted by Crippen LogP contribution is 2.34. The van der Waals surface area contributed by atoms with Gasteiger partial charge in [0.05, 0.1) is 0 Å². The fourth-order valence-corrected chi connectivity index (χ4v) is 3.61. The fourth-order valence-electron chi connectivity index (χ4n) is 2.04. The van der Waals surface area contributed by atoms with Crippen molar-refractivity contribution in [2.24, 2.45) is 0 Å². The number of thioether (sulfide) groups is 1. The van der Waals surface area contributed by atoms with Crippen LogP contribution in [0.15, 0.2) is 23.1 Å². The Morgan fingerprint density at radius 3 is 2.89 bits per heavy atom. The molecular weight excluding hydrogens is 266 g/mol. The molecule has 1 heterocycles. The van der Waals surface area contributed by atoms with Crippen LogP contribution in [0, 0.1) is 0 Å². The van der Waals surface area contributed by atoms with Crippen molar-refractivity contribution in [2.75, 3.05) is 19.8 Å². The second-order valence-electron chi connectivity index (χ2n) is 4.43. The van der Waals surface area contributed by atoms with Gasteiger partial charge in [-0.15, -0.1) is 11.8 Å². The van der Waals surface area contributed by atoms with Crippen molar-refractivity contribution in [3.63, 3.8) is 0 Å². The third-order valence-electron chi connectivity index (χ3n) is 3.09. The van der Waals surface area contributed by atoms with Crippen LogP contribution in [0.4, 0.5) is 0 Å². The molecule has 0 bridgehead atoms. The molecule has 0 radical (unpaired) electrons. The molecule has 1 aromatic rings. The summed E-state index contributed by atoms with van der Waals surface area (Å²) < 4.78 is 5.40. The third kappa shape index (κ3) is 3.89. The number of rotatable bonds is 5. The normalized spacial score (nSPS) is 17.0. The summed E-state index contributed by atoms with van der Waals surface area (Å²) in [4.78, 5) is 1.32. The molecule has 0 saturated carbocycles. The van der Waals surface area contributed by atoms with E-state index in [0.29, 0.717) is 5.25 Å².